The van der Waals surface area contributed by atoms with E-state index in [1.54, 1.807) is 6.92 Å². The summed E-state index contributed by atoms with van der Waals surface area (Å²) in [6.07, 6.45) is -0.822. The summed E-state index contributed by atoms with van der Waals surface area (Å²) in [5.74, 6) is -1.19. The number of hydrogen-bond acceptors (Lipinski definition) is 4. The van der Waals surface area contributed by atoms with Gasteiger partial charge in [0.15, 0.2) is 0 Å². The maximum atomic E-state index is 10.8. The second-order valence-electron chi connectivity index (χ2n) is 2.27. The molecule has 0 saturated carbocycles. The standard InChI is InChI=1S/C7H13NO5/c1-2-13-7(12)8-5(3-4-9)6(10)11/h5,9H,2-4H2,1H3,(H,8,12)(H,10,11). The SMILES string of the molecule is CCOC(=O)NC(CCO)C(=O)O. The molecule has 1 amide bonds. The first-order valence-corrected chi connectivity index (χ1v) is 3.88. The molecule has 13 heavy (non-hydrogen) atoms. The van der Waals surface area contributed by atoms with E-state index in [2.05, 4.69) is 10.1 Å². The van der Waals surface area contributed by atoms with Gasteiger partial charge >= 0.3 is 12.1 Å². The van der Waals surface area contributed by atoms with Crippen molar-refractivity contribution < 1.29 is 24.5 Å². The highest BCUT2D eigenvalue weighted by Crippen LogP contribution is 1.92. The summed E-state index contributed by atoms with van der Waals surface area (Å²) in [5, 5.41) is 19.1. The molecule has 6 heteroatoms. The Hall–Kier alpha value is -1.30. The molecule has 0 aromatic heterocycles. The number of amides is 1. The Kier molecular flexibility index (Phi) is 5.62. The van der Waals surface area contributed by atoms with Crippen LogP contribution in [0, 0.1) is 0 Å². The number of aliphatic hydroxyl groups excluding tert-OH is 1. The Balaban J connectivity index is 3.94. The van der Waals surface area contributed by atoms with Gasteiger partial charge in [-0.05, 0) is 6.92 Å². The number of carbonyl (C=O) groups excluding carboxylic acids is 1. The molecule has 3 N–H and O–H groups in total. The van der Waals surface area contributed by atoms with E-state index in [0.717, 1.165) is 0 Å². The minimum absolute atomic E-state index is 0.0336. The Morgan fingerprint density at radius 1 is 1.54 bits per heavy atom. The number of hydrogen-bond donors (Lipinski definition) is 3. The molecule has 6 nitrogen and oxygen atoms in total. The molecule has 76 valence electrons. The van der Waals surface area contributed by atoms with Gasteiger partial charge in [-0.15, -0.1) is 0 Å². The number of nitrogens with one attached hydrogen (secondary N) is 1. The highest BCUT2D eigenvalue weighted by Gasteiger charge is 2.19. The first kappa shape index (κ1) is 11.7. The summed E-state index contributed by atoms with van der Waals surface area (Å²) in [6.45, 7) is 1.49. The molecule has 0 aliphatic carbocycles. The molecule has 0 aliphatic rings. The van der Waals surface area contributed by atoms with Crippen LogP contribution >= 0.6 is 0 Å². The van der Waals surface area contributed by atoms with Gasteiger partial charge < -0.3 is 20.3 Å². The van der Waals surface area contributed by atoms with Crippen molar-refractivity contribution in [2.45, 2.75) is 19.4 Å². The van der Waals surface area contributed by atoms with Crippen molar-refractivity contribution in [1.29, 1.82) is 0 Å². The number of rotatable bonds is 5. The van der Waals surface area contributed by atoms with Crippen molar-refractivity contribution in [3.63, 3.8) is 0 Å². The topological polar surface area (TPSA) is 95.9 Å². The fraction of sp³-hybridized carbons (Fsp3) is 0.714. The van der Waals surface area contributed by atoms with E-state index in [1.165, 1.54) is 0 Å². The molecular weight excluding hydrogens is 178 g/mol. The van der Waals surface area contributed by atoms with Gasteiger partial charge in [-0.1, -0.05) is 0 Å². The monoisotopic (exact) mass is 191 g/mol. The average molecular weight is 191 g/mol. The van der Waals surface area contributed by atoms with Crippen molar-refractivity contribution in [3.05, 3.63) is 0 Å². The Morgan fingerprint density at radius 2 is 2.15 bits per heavy atom. The molecule has 0 radical (unpaired) electrons. The van der Waals surface area contributed by atoms with Crippen molar-refractivity contribution >= 4 is 12.1 Å². The highest BCUT2D eigenvalue weighted by molar-refractivity contribution is 5.79. The van der Waals surface area contributed by atoms with Crippen LogP contribution < -0.4 is 5.32 Å². The van der Waals surface area contributed by atoms with Crippen molar-refractivity contribution in [2.24, 2.45) is 0 Å². The van der Waals surface area contributed by atoms with Gasteiger partial charge in [0.1, 0.15) is 6.04 Å². The molecule has 0 aliphatic heterocycles. The molecular formula is C7H13NO5. The number of alkyl carbamates (subject to hydrolysis) is 1. The summed E-state index contributed by atoms with van der Waals surface area (Å²) in [4.78, 5) is 21.2. The number of aliphatic carboxylic acids is 1. The van der Waals surface area contributed by atoms with Gasteiger partial charge in [0.2, 0.25) is 0 Å². The van der Waals surface area contributed by atoms with E-state index in [1.807, 2.05) is 0 Å². The first-order chi connectivity index (χ1) is 6.11. The third kappa shape index (κ3) is 5.02. The van der Waals surface area contributed by atoms with Gasteiger partial charge in [0.25, 0.3) is 0 Å². The summed E-state index contributed by atoms with van der Waals surface area (Å²) in [7, 11) is 0. The van der Waals surface area contributed by atoms with E-state index in [0.29, 0.717) is 0 Å². The van der Waals surface area contributed by atoms with Gasteiger partial charge in [-0.2, -0.15) is 0 Å². The molecule has 0 aromatic rings. The predicted molar refractivity (Wildman–Crippen MR) is 43.3 cm³/mol. The number of ether oxygens (including phenoxy) is 1. The fourth-order valence-corrected chi connectivity index (χ4v) is 0.702. The largest absolute Gasteiger partial charge is 0.480 e. The van der Waals surface area contributed by atoms with Crippen molar-refractivity contribution in [2.75, 3.05) is 13.2 Å². The summed E-state index contributed by atoms with van der Waals surface area (Å²) in [5.41, 5.74) is 0. The Labute approximate surface area is 75.5 Å². The molecule has 1 atom stereocenters. The van der Waals surface area contributed by atoms with Crippen molar-refractivity contribution in [3.8, 4) is 0 Å². The lowest BCUT2D eigenvalue weighted by atomic mass is 10.2. The summed E-state index contributed by atoms with van der Waals surface area (Å²) in [6, 6.07) is -1.09. The Bertz CT molecular complexity index is 182. The molecule has 0 saturated heterocycles. The zero-order valence-electron chi connectivity index (χ0n) is 7.32. The lowest BCUT2D eigenvalue weighted by molar-refractivity contribution is -0.139. The second kappa shape index (κ2) is 6.24. The predicted octanol–water partition coefficient (Wildman–Crippen LogP) is -0.432. The number of carboxylic acids is 1. The smallest absolute Gasteiger partial charge is 0.407 e. The molecule has 0 aromatic carbocycles. The first-order valence-electron chi connectivity index (χ1n) is 3.88. The lowest BCUT2D eigenvalue weighted by Crippen LogP contribution is -2.41. The van der Waals surface area contributed by atoms with Crippen LogP contribution in [0.2, 0.25) is 0 Å². The van der Waals surface area contributed by atoms with Gasteiger partial charge in [-0.25, -0.2) is 9.59 Å². The van der Waals surface area contributed by atoms with Crippen LogP contribution in [0.5, 0.6) is 0 Å². The van der Waals surface area contributed by atoms with Crippen molar-refractivity contribution in [1.82, 2.24) is 5.32 Å². The van der Waals surface area contributed by atoms with Crippen LogP contribution in [0.3, 0.4) is 0 Å². The summed E-state index contributed by atoms with van der Waals surface area (Å²) >= 11 is 0. The van der Waals surface area contributed by atoms with Crippen LogP contribution in [-0.4, -0.2) is 41.5 Å². The number of aliphatic hydroxyl groups is 1. The zero-order chi connectivity index (χ0) is 10.3. The van der Waals surface area contributed by atoms with Crippen LogP contribution in [0.25, 0.3) is 0 Å². The number of carbonyl (C=O) groups is 2. The van der Waals surface area contributed by atoms with E-state index in [4.69, 9.17) is 10.2 Å². The van der Waals surface area contributed by atoms with E-state index in [-0.39, 0.29) is 19.6 Å². The number of carboxylic acid groups (broad SMARTS) is 1. The molecule has 0 fully saturated rings. The zero-order valence-corrected chi connectivity index (χ0v) is 7.32. The minimum atomic E-state index is -1.19. The molecule has 0 rings (SSSR count). The third-order valence-electron chi connectivity index (χ3n) is 1.28. The molecule has 0 spiro atoms. The van der Waals surface area contributed by atoms with Gasteiger partial charge in [0, 0.05) is 13.0 Å². The molecule has 0 bridgehead atoms. The molecule has 0 heterocycles. The maximum Gasteiger partial charge on any atom is 0.407 e. The maximum absolute atomic E-state index is 10.8. The quantitative estimate of drug-likeness (QED) is 0.548. The van der Waals surface area contributed by atoms with Crippen LogP contribution in [0.15, 0.2) is 0 Å². The normalized spacial score (nSPS) is 11.8. The van der Waals surface area contributed by atoms with E-state index in [9.17, 15) is 9.59 Å². The average Bonchev–Trinajstić information content (AvgIpc) is 2.04. The van der Waals surface area contributed by atoms with Gasteiger partial charge in [-0.3, -0.25) is 0 Å². The second-order valence-corrected chi connectivity index (χ2v) is 2.27. The van der Waals surface area contributed by atoms with E-state index >= 15 is 0 Å². The lowest BCUT2D eigenvalue weighted by Gasteiger charge is -2.12. The van der Waals surface area contributed by atoms with E-state index < -0.39 is 18.1 Å². The van der Waals surface area contributed by atoms with Crippen LogP contribution in [0.4, 0.5) is 4.79 Å². The van der Waals surface area contributed by atoms with Gasteiger partial charge in [0.05, 0.1) is 6.61 Å². The highest BCUT2D eigenvalue weighted by atomic mass is 16.5. The fourth-order valence-electron chi connectivity index (χ4n) is 0.702. The van der Waals surface area contributed by atoms with Crippen LogP contribution in [0.1, 0.15) is 13.3 Å². The summed E-state index contributed by atoms with van der Waals surface area (Å²) < 4.78 is 4.47. The Morgan fingerprint density at radius 3 is 2.54 bits per heavy atom. The minimum Gasteiger partial charge on any atom is -0.480 e. The third-order valence-corrected chi connectivity index (χ3v) is 1.28. The van der Waals surface area contributed by atoms with Crippen LogP contribution in [-0.2, 0) is 9.53 Å². The molecule has 1 unspecified atom stereocenters.